The first-order chi connectivity index (χ1) is 11.1. The molecule has 134 valence electrons. The van der Waals surface area contributed by atoms with Crippen LogP contribution in [0.4, 0.5) is 10.1 Å². The van der Waals surface area contributed by atoms with Gasteiger partial charge >= 0.3 is 0 Å². The summed E-state index contributed by atoms with van der Waals surface area (Å²) in [7, 11) is -4.02. The fourth-order valence-corrected chi connectivity index (χ4v) is 4.09. The minimum atomic E-state index is -4.02. The lowest BCUT2D eigenvalue weighted by Gasteiger charge is -2.22. The van der Waals surface area contributed by atoms with Crippen LogP contribution in [-0.4, -0.2) is 33.0 Å². The van der Waals surface area contributed by atoms with Crippen molar-refractivity contribution in [3.63, 3.8) is 0 Å². The molecule has 0 saturated carbocycles. The maximum atomic E-state index is 14.0. The van der Waals surface area contributed by atoms with Gasteiger partial charge < -0.3 is 10.6 Å². The summed E-state index contributed by atoms with van der Waals surface area (Å²) in [6, 6.07) is 3.56. The molecule has 2 rings (SSSR count). The molecule has 1 unspecified atom stereocenters. The third-order valence-corrected chi connectivity index (χ3v) is 5.37. The molecule has 1 aliphatic rings. The van der Waals surface area contributed by atoms with E-state index in [1.54, 1.807) is 20.8 Å². The molecule has 1 aromatic rings. The second kappa shape index (κ2) is 7.16. The van der Waals surface area contributed by atoms with Crippen LogP contribution in [-0.2, 0) is 14.8 Å². The van der Waals surface area contributed by atoms with E-state index in [2.05, 4.69) is 15.4 Å². The predicted molar refractivity (Wildman–Crippen MR) is 90.7 cm³/mol. The third-order valence-electron chi connectivity index (χ3n) is 3.60. The van der Waals surface area contributed by atoms with Gasteiger partial charge in [-0.05, 0) is 58.4 Å². The minimum Gasteiger partial charge on any atom is -0.326 e. The van der Waals surface area contributed by atoms with Crippen molar-refractivity contribution in [1.29, 1.82) is 0 Å². The van der Waals surface area contributed by atoms with Gasteiger partial charge in [-0.2, -0.15) is 0 Å². The molecule has 0 bridgehead atoms. The van der Waals surface area contributed by atoms with Crippen LogP contribution < -0.4 is 15.4 Å². The molecule has 0 radical (unpaired) electrons. The number of hydrogen-bond donors (Lipinski definition) is 3. The van der Waals surface area contributed by atoms with Gasteiger partial charge in [-0.3, -0.25) is 4.79 Å². The van der Waals surface area contributed by atoms with Crippen molar-refractivity contribution in [3.05, 3.63) is 24.0 Å². The molecule has 1 aromatic carbocycles. The van der Waals surface area contributed by atoms with Crippen molar-refractivity contribution in [2.24, 2.45) is 5.92 Å². The van der Waals surface area contributed by atoms with Crippen LogP contribution in [0.15, 0.2) is 23.1 Å². The molecule has 0 aliphatic carbocycles. The van der Waals surface area contributed by atoms with Crippen molar-refractivity contribution in [3.8, 4) is 0 Å². The van der Waals surface area contributed by atoms with Crippen molar-refractivity contribution in [2.75, 3.05) is 18.4 Å². The Balaban J connectivity index is 2.20. The first-order valence-corrected chi connectivity index (χ1v) is 9.42. The SMILES string of the molecule is CC(C)(C)NS(=O)(=O)c1cc(NC(=O)C2CCCNC2)ccc1F. The van der Waals surface area contributed by atoms with Crippen LogP contribution in [0.25, 0.3) is 0 Å². The number of halogens is 1. The molecule has 1 saturated heterocycles. The molecule has 0 spiro atoms. The molecule has 8 heteroatoms. The molecular weight excluding hydrogens is 333 g/mol. The van der Waals surface area contributed by atoms with Crippen molar-refractivity contribution < 1.29 is 17.6 Å². The minimum absolute atomic E-state index is 0.170. The quantitative estimate of drug-likeness (QED) is 0.767. The van der Waals surface area contributed by atoms with Crippen LogP contribution in [0.5, 0.6) is 0 Å². The maximum Gasteiger partial charge on any atom is 0.244 e. The van der Waals surface area contributed by atoms with Crippen LogP contribution in [0.2, 0.25) is 0 Å². The topological polar surface area (TPSA) is 87.3 Å². The smallest absolute Gasteiger partial charge is 0.244 e. The van der Waals surface area contributed by atoms with Crippen LogP contribution in [0, 0.1) is 11.7 Å². The van der Waals surface area contributed by atoms with Crippen molar-refractivity contribution in [1.82, 2.24) is 10.0 Å². The zero-order chi connectivity index (χ0) is 18.0. The lowest BCUT2D eigenvalue weighted by Crippen LogP contribution is -2.40. The summed E-state index contributed by atoms with van der Waals surface area (Å²) < 4.78 is 41.1. The first-order valence-electron chi connectivity index (χ1n) is 7.94. The van der Waals surface area contributed by atoms with E-state index in [0.717, 1.165) is 31.5 Å². The molecule has 1 fully saturated rings. The Labute approximate surface area is 142 Å². The number of nitrogens with one attached hydrogen (secondary N) is 3. The fourth-order valence-electron chi connectivity index (χ4n) is 2.57. The normalized spacial score (nSPS) is 19.1. The van der Waals surface area contributed by atoms with E-state index in [-0.39, 0.29) is 17.5 Å². The zero-order valence-electron chi connectivity index (χ0n) is 14.1. The lowest BCUT2D eigenvalue weighted by molar-refractivity contribution is -0.120. The van der Waals surface area contributed by atoms with Gasteiger partial charge in [0, 0.05) is 17.8 Å². The van der Waals surface area contributed by atoms with Gasteiger partial charge in [0.15, 0.2) is 0 Å². The number of piperidine rings is 1. The van der Waals surface area contributed by atoms with E-state index in [0.29, 0.717) is 6.54 Å². The van der Waals surface area contributed by atoms with E-state index in [4.69, 9.17) is 0 Å². The zero-order valence-corrected chi connectivity index (χ0v) is 15.0. The van der Waals surface area contributed by atoms with Gasteiger partial charge in [0.1, 0.15) is 10.7 Å². The van der Waals surface area contributed by atoms with Crippen LogP contribution >= 0.6 is 0 Å². The Morgan fingerprint density at radius 2 is 2.04 bits per heavy atom. The monoisotopic (exact) mass is 357 g/mol. The Bertz CT molecular complexity index is 708. The largest absolute Gasteiger partial charge is 0.326 e. The molecule has 0 aromatic heterocycles. The van der Waals surface area contributed by atoms with E-state index < -0.39 is 26.3 Å². The van der Waals surface area contributed by atoms with Gasteiger partial charge in [-0.1, -0.05) is 0 Å². The number of benzene rings is 1. The van der Waals surface area contributed by atoms with Gasteiger partial charge in [-0.15, -0.1) is 0 Å². The third kappa shape index (κ3) is 4.99. The number of amides is 1. The summed E-state index contributed by atoms with van der Waals surface area (Å²) in [4.78, 5) is 11.8. The molecule has 3 N–H and O–H groups in total. The molecule has 6 nitrogen and oxygen atoms in total. The van der Waals surface area contributed by atoms with E-state index in [1.807, 2.05) is 0 Å². The van der Waals surface area contributed by atoms with E-state index in [9.17, 15) is 17.6 Å². The van der Waals surface area contributed by atoms with Gasteiger partial charge in [0.05, 0.1) is 5.92 Å². The lowest BCUT2D eigenvalue weighted by atomic mass is 9.99. The standard InChI is InChI=1S/C16H24FN3O3S/c1-16(2,3)20-24(22,23)14-9-12(6-7-13(14)17)19-15(21)11-5-4-8-18-10-11/h6-7,9,11,18,20H,4-5,8,10H2,1-3H3,(H,19,21). The van der Waals surface area contributed by atoms with Crippen molar-refractivity contribution >= 4 is 21.6 Å². The molecular formula is C16H24FN3O3S. The number of anilines is 1. The average Bonchev–Trinajstić information content (AvgIpc) is 2.47. The van der Waals surface area contributed by atoms with Crippen LogP contribution in [0.1, 0.15) is 33.6 Å². The molecule has 1 atom stereocenters. The summed E-state index contributed by atoms with van der Waals surface area (Å²) in [5, 5.41) is 5.82. The van der Waals surface area contributed by atoms with Gasteiger partial charge in [0.2, 0.25) is 15.9 Å². The highest BCUT2D eigenvalue weighted by atomic mass is 32.2. The summed E-state index contributed by atoms with van der Waals surface area (Å²) in [5.74, 6) is -1.22. The number of hydrogen-bond acceptors (Lipinski definition) is 4. The van der Waals surface area contributed by atoms with Crippen molar-refractivity contribution in [2.45, 2.75) is 44.0 Å². The number of carbonyl (C=O) groups excluding carboxylic acids is 1. The molecule has 1 aliphatic heterocycles. The highest BCUT2D eigenvalue weighted by molar-refractivity contribution is 7.89. The van der Waals surface area contributed by atoms with Gasteiger partial charge in [0.25, 0.3) is 0 Å². The van der Waals surface area contributed by atoms with Gasteiger partial charge in [-0.25, -0.2) is 17.5 Å². The number of carbonyl (C=O) groups is 1. The maximum absolute atomic E-state index is 14.0. The first kappa shape index (κ1) is 18.8. The summed E-state index contributed by atoms with van der Waals surface area (Å²) in [5.41, 5.74) is -0.473. The van der Waals surface area contributed by atoms with E-state index in [1.165, 1.54) is 6.07 Å². The molecule has 1 amide bonds. The summed E-state index contributed by atoms with van der Waals surface area (Å²) in [6.45, 7) is 6.49. The predicted octanol–water partition coefficient (Wildman–Crippen LogP) is 1.84. The van der Waals surface area contributed by atoms with E-state index >= 15 is 0 Å². The second-order valence-corrected chi connectivity index (χ2v) is 8.68. The highest BCUT2D eigenvalue weighted by Crippen LogP contribution is 2.22. The Morgan fingerprint density at radius 1 is 1.33 bits per heavy atom. The molecule has 1 heterocycles. The van der Waals surface area contributed by atoms with Crippen LogP contribution in [0.3, 0.4) is 0 Å². The Morgan fingerprint density at radius 3 is 2.62 bits per heavy atom. The summed E-state index contributed by atoms with van der Waals surface area (Å²) in [6.07, 6.45) is 1.69. The average molecular weight is 357 g/mol. The Kier molecular flexibility index (Phi) is 5.62. The molecule has 24 heavy (non-hydrogen) atoms. The number of rotatable bonds is 4. The summed E-state index contributed by atoms with van der Waals surface area (Å²) >= 11 is 0. The highest BCUT2D eigenvalue weighted by Gasteiger charge is 2.26. The Hall–Kier alpha value is -1.51. The number of sulfonamides is 1. The fraction of sp³-hybridized carbons (Fsp3) is 0.562. The second-order valence-electron chi connectivity index (χ2n) is 7.03.